The number of benzene rings is 2. The molecule has 0 spiro atoms. The van der Waals surface area contributed by atoms with Crippen LogP contribution < -0.4 is 15.0 Å². The van der Waals surface area contributed by atoms with E-state index in [0.717, 1.165) is 28.0 Å². The molecule has 0 atom stereocenters. The topological polar surface area (TPSA) is 84.4 Å². The van der Waals surface area contributed by atoms with Gasteiger partial charge in [0.15, 0.2) is 5.16 Å². The number of hydrogen-bond acceptors (Lipinski definition) is 7. The highest BCUT2D eigenvalue weighted by Gasteiger charge is 2.41. The predicted molar refractivity (Wildman–Crippen MR) is 120 cm³/mol. The Hall–Kier alpha value is -3.72. The summed E-state index contributed by atoms with van der Waals surface area (Å²) in [6, 6.07) is 14.4. The SMILES string of the molecule is COc1cccc(NC2=C(Sc3nc(C)cc(C)n3)C(=O)N(c3ccccc3F)C2=O)c1. The molecule has 4 rings (SSSR count). The molecule has 0 saturated carbocycles. The van der Waals surface area contributed by atoms with Crippen molar-refractivity contribution in [1.82, 2.24) is 9.97 Å². The molecule has 2 heterocycles. The molecule has 1 aliphatic heterocycles. The maximum Gasteiger partial charge on any atom is 0.283 e. The number of thioether (sulfide) groups is 1. The van der Waals surface area contributed by atoms with E-state index in [-0.39, 0.29) is 16.3 Å². The minimum Gasteiger partial charge on any atom is -0.497 e. The van der Waals surface area contributed by atoms with Gasteiger partial charge in [0, 0.05) is 23.1 Å². The molecular weight excluding hydrogens is 431 g/mol. The molecule has 3 aromatic rings. The van der Waals surface area contributed by atoms with Gasteiger partial charge in [0.25, 0.3) is 11.8 Å². The molecule has 2 aromatic carbocycles. The van der Waals surface area contributed by atoms with Crippen molar-refractivity contribution in [2.75, 3.05) is 17.3 Å². The van der Waals surface area contributed by atoms with Crippen LogP contribution in [0.1, 0.15) is 11.4 Å². The lowest BCUT2D eigenvalue weighted by Gasteiger charge is -2.16. The molecule has 0 aliphatic carbocycles. The zero-order valence-electron chi connectivity index (χ0n) is 17.5. The van der Waals surface area contributed by atoms with E-state index in [4.69, 9.17) is 4.74 Å². The number of aryl methyl sites for hydroxylation is 2. The average Bonchev–Trinajstić information content (AvgIpc) is 2.98. The van der Waals surface area contributed by atoms with E-state index in [2.05, 4.69) is 15.3 Å². The number of hydrogen-bond donors (Lipinski definition) is 1. The number of anilines is 2. The number of methoxy groups -OCH3 is 1. The quantitative estimate of drug-likeness (QED) is 0.444. The third-order valence-corrected chi connectivity index (χ3v) is 5.58. The van der Waals surface area contributed by atoms with E-state index in [1.807, 2.05) is 13.8 Å². The van der Waals surface area contributed by atoms with Crippen LogP contribution >= 0.6 is 11.8 Å². The van der Waals surface area contributed by atoms with Crippen molar-refractivity contribution in [3.63, 3.8) is 0 Å². The number of rotatable bonds is 6. The number of amides is 2. The molecule has 0 bridgehead atoms. The molecule has 162 valence electrons. The van der Waals surface area contributed by atoms with Gasteiger partial charge in [-0.25, -0.2) is 19.3 Å². The molecule has 1 aliphatic rings. The van der Waals surface area contributed by atoms with Crippen LogP contribution in [0.2, 0.25) is 0 Å². The molecule has 7 nitrogen and oxygen atoms in total. The maximum atomic E-state index is 14.5. The molecular formula is C23H19FN4O3S. The fourth-order valence-electron chi connectivity index (χ4n) is 3.24. The van der Waals surface area contributed by atoms with Gasteiger partial charge in [-0.3, -0.25) is 9.59 Å². The first-order valence-corrected chi connectivity index (χ1v) is 10.5. The summed E-state index contributed by atoms with van der Waals surface area (Å²) in [5.74, 6) is -1.43. The number of carbonyl (C=O) groups is 2. The van der Waals surface area contributed by atoms with Gasteiger partial charge in [-0.05, 0) is 55.9 Å². The number of nitrogens with zero attached hydrogens (tertiary/aromatic N) is 3. The summed E-state index contributed by atoms with van der Waals surface area (Å²) >= 11 is 0.962. The standard InChI is InChI=1S/C23H19FN4O3S/c1-13-11-14(2)26-23(25-13)32-20-19(27-15-7-6-8-16(12-15)31-3)21(29)28(22(20)30)18-10-5-4-9-17(18)24/h4-12,27H,1-3H3. The minimum atomic E-state index is -0.677. The monoisotopic (exact) mass is 450 g/mol. The molecule has 0 unspecified atom stereocenters. The lowest BCUT2D eigenvalue weighted by Crippen LogP contribution is -2.33. The molecule has 0 radical (unpaired) electrons. The predicted octanol–water partition coefficient (Wildman–Crippen LogP) is 4.23. The van der Waals surface area contributed by atoms with Gasteiger partial charge in [0.2, 0.25) is 0 Å². The average molecular weight is 450 g/mol. The number of nitrogens with one attached hydrogen (secondary N) is 1. The second kappa shape index (κ2) is 8.80. The Morgan fingerprint density at radius 1 is 0.969 bits per heavy atom. The summed E-state index contributed by atoms with van der Waals surface area (Å²) in [6.45, 7) is 3.63. The zero-order valence-corrected chi connectivity index (χ0v) is 18.4. The summed E-state index contributed by atoms with van der Waals surface area (Å²) in [5, 5.41) is 3.32. The van der Waals surface area contributed by atoms with Gasteiger partial charge in [-0.2, -0.15) is 0 Å². The molecule has 1 aromatic heterocycles. The van der Waals surface area contributed by atoms with Crippen LogP contribution in [0.5, 0.6) is 5.75 Å². The van der Waals surface area contributed by atoms with Crippen molar-refractivity contribution in [3.8, 4) is 5.75 Å². The smallest absolute Gasteiger partial charge is 0.283 e. The van der Waals surface area contributed by atoms with E-state index >= 15 is 0 Å². The van der Waals surface area contributed by atoms with Crippen LogP contribution in [0.25, 0.3) is 0 Å². The van der Waals surface area contributed by atoms with Crippen molar-refractivity contribution in [2.24, 2.45) is 0 Å². The first kappa shape index (κ1) is 21.5. The van der Waals surface area contributed by atoms with Crippen LogP contribution in [0.15, 0.2) is 70.4 Å². The molecule has 0 fully saturated rings. The van der Waals surface area contributed by atoms with E-state index in [0.29, 0.717) is 16.6 Å². The van der Waals surface area contributed by atoms with E-state index < -0.39 is 17.6 Å². The highest BCUT2D eigenvalue weighted by molar-refractivity contribution is 8.04. The summed E-state index contributed by atoms with van der Waals surface area (Å²) in [5.41, 5.74) is 1.88. The molecule has 9 heteroatoms. The van der Waals surface area contributed by atoms with Crippen LogP contribution in [0.3, 0.4) is 0 Å². The van der Waals surface area contributed by atoms with Crippen LogP contribution in [0, 0.1) is 19.7 Å². The number of aromatic nitrogens is 2. The van der Waals surface area contributed by atoms with Crippen LogP contribution in [-0.4, -0.2) is 28.9 Å². The molecule has 32 heavy (non-hydrogen) atoms. The van der Waals surface area contributed by atoms with Gasteiger partial charge in [-0.15, -0.1) is 0 Å². The summed E-state index contributed by atoms with van der Waals surface area (Å²) in [7, 11) is 1.53. The highest BCUT2D eigenvalue weighted by Crippen LogP contribution is 2.37. The van der Waals surface area contributed by atoms with E-state index in [1.54, 1.807) is 36.4 Å². The fraction of sp³-hybridized carbons (Fsp3) is 0.130. The Bertz CT molecular complexity index is 1240. The molecule has 0 saturated heterocycles. The Morgan fingerprint density at radius 3 is 2.38 bits per heavy atom. The Kier molecular flexibility index (Phi) is 5.91. The number of ether oxygens (including phenoxy) is 1. The van der Waals surface area contributed by atoms with E-state index in [9.17, 15) is 14.0 Å². The fourth-order valence-corrected chi connectivity index (χ4v) is 4.22. The Morgan fingerprint density at radius 2 is 1.69 bits per heavy atom. The largest absolute Gasteiger partial charge is 0.497 e. The second-order valence-corrected chi connectivity index (χ2v) is 7.97. The number of imide groups is 1. The highest BCUT2D eigenvalue weighted by atomic mass is 32.2. The van der Waals surface area contributed by atoms with Crippen molar-refractivity contribution >= 4 is 35.0 Å². The molecule has 2 amide bonds. The van der Waals surface area contributed by atoms with Crippen molar-refractivity contribution < 1.29 is 18.7 Å². The Labute approximate surface area is 188 Å². The maximum absolute atomic E-state index is 14.5. The van der Waals surface area contributed by atoms with Crippen LogP contribution in [0.4, 0.5) is 15.8 Å². The lowest BCUT2D eigenvalue weighted by atomic mass is 10.2. The van der Waals surface area contributed by atoms with Gasteiger partial charge >= 0.3 is 0 Å². The third kappa shape index (κ3) is 4.19. The first-order valence-electron chi connectivity index (χ1n) is 9.66. The van der Waals surface area contributed by atoms with Crippen LogP contribution in [-0.2, 0) is 9.59 Å². The van der Waals surface area contributed by atoms with Gasteiger partial charge in [-0.1, -0.05) is 18.2 Å². The van der Waals surface area contributed by atoms with Crippen molar-refractivity contribution in [3.05, 3.63) is 82.4 Å². The summed E-state index contributed by atoms with van der Waals surface area (Å²) < 4.78 is 19.7. The normalized spacial score (nSPS) is 13.7. The Balaban J connectivity index is 1.78. The van der Waals surface area contributed by atoms with Gasteiger partial charge in [0.05, 0.1) is 12.8 Å². The number of carbonyl (C=O) groups excluding carboxylic acids is 2. The summed E-state index contributed by atoms with van der Waals surface area (Å²) in [4.78, 5) is 36.2. The third-order valence-electron chi connectivity index (χ3n) is 4.63. The number of halogens is 1. The summed E-state index contributed by atoms with van der Waals surface area (Å²) in [6.07, 6.45) is 0. The van der Waals surface area contributed by atoms with Gasteiger partial charge in [0.1, 0.15) is 22.2 Å². The van der Waals surface area contributed by atoms with Crippen molar-refractivity contribution in [1.29, 1.82) is 0 Å². The second-order valence-electron chi connectivity index (χ2n) is 6.99. The van der Waals surface area contributed by atoms with E-state index in [1.165, 1.54) is 25.3 Å². The lowest BCUT2D eigenvalue weighted by molar-refractivity contribution is -0.120. The van der Waals surface area contributed by atoms with Crippen molar-refractivity contribution in [2.45, 2.75) is 19.0 Å². The zero-order chi connectivity index (χ0) is 22.8. The number of para-hydroxylation sites is 1. The van der Waals surface area contributed by atoms with Gasteiger partial charge < -0.3 is 10.1 Å². The molecule has 1 N–H and O–H groups in total. The first-order chi connectivity index (χ1) is 15.4. The minimum absolute atomic E-state index is 0.0132.